The highest BCUT2D eigenvalue weighted by Crippen LogP contribution is 2.53. The maximum absolute atomic E-state index is 11.4. The summed E-state index contributed by atoms with van der Waals surface area (Å²) in [5.74, 6) is -0.123. The molecule has 0 saturated carbocycles. The van der Waals surface area contributed by atoms with Crippen LogP contribution < -0.4 is 5.32 Å². The summed E-state index contributed by atoms with van der Waals surface area (Å²) in [6, 6.07) is 8.08. The van der Waals surface area contributed by atoms with Gasteiger partial charge in [-0.15, -0.1) is 0 Å². The topological polar surface area (TPSA) is 38.3 Å². The van der Waals surface area contributed by atoms with Crippen LogP contribution in [0.4, 0.5) is 5.69 Å². The van der Waals surface area contributed by atoms with Gasteiger partial charge in [0.05, 0.1) is 11.8 Å². The molecule has 1 aromatic carbocycles. The standard InChI is InChI=1S/C12H13NO2/c1-11-7-10(14)15-12(11,2)13-9-6-4-3-5-8(9)11/h3-6,13H,7H2,1-2H3/t11-,12-/m0/s1. The summed E-state index contributed by atoms with van der Waals surface area (Å²) in [5, 5.41) is 3.30. The minimum absolute atomic E-state index is 0.123. The van der Waals surface area contributed by atoms with Gasteiger partial charge in [-0.1, -0.05) is 18.2 Å². The van der Waals surface area contributed by atoms with Gasteiger partial charge in [0.25, 0.3) is 0 Å². The summed E-state index contributed by atoms with van der Waals surface area (Å²) in [6.07, 6.45) is 0.452. The molecule has 2 aliphatic rings. The number of benzene rings is 1. The van der Waals surface area contributed by atoms with Crippen molar-refractivity contribution in [2.45, 2.75) is 31.4 Å². The van der Waals surface area contributed by atoms with E-state index in [4.69, 9.17) is 4.74 Å². The third-order valence-corrected chi connectivity index (χ3v) is 3.76. The molecule has 1 aromatic rings. The number of esters is 1. The molecule has 3 nitrogen and oxygen atoms in total. The molecule has 78 valence electrons. The number of fused-ring (bicyclic) bond motifs is 3. The van der Waals surface area contributed by atoms with Crippen molar-refractivity contribution in [2.75, 3.05) is 5.32 Å². The predicted octanol–water partition coefficient (Wildman–Crippen LogP) is 2.03. The maximum atomic E-state index is 11.4. The van der Waals surface area contributed by atoms with Gasteiger partial charge in [-0.25, -0.2) is 0 Å². The van der Waals surface area contributed by atoms with Crippen LogP contribution in [0.5, 0.6) is 0 Å². The molecule has 2 aliphatic heterocycles. The summed E-state index contributed by atoms with van der Waals surface area (Å²) < 4.78 is 5.41. The average molecular weight is 203 g/mol. The Kier molecular flexibility index (Phi) is 1.37. The van der Waals surface area contributed by atoms with Gasteiger partial charge < -0.3 is 10.1 Å². The van der Waals surface area contributed by atoms with Crippen molar-refractivity contribution in [2.24, 2.45) is 0 Å². The number of carbonyl (C=O) groups excluding carboxylic acids is 1. The molecule has 0 bridgehead atoms. The number of rotatable bonds is 0. The SMILES string of the molecule is C[C@@]12Nc3ccccc3[C@]1(C)CC(=O)O2. The summed E-state index contributed by atoms with van der Waals surface area (Å²) >= 11 is 0. The fourth-order valence-electron chi connectivity index (χ4n) is 2.68. The third kappa shape index (κ3) is 0.881. The second kappa shape index (κ2) is 2.35. The van der Waals surface area contributed by atoms with E-state index in [1.807, 2.05) is 25.1 Å². The van der Waals surface area contributed by atoms with Gasteiger partial charge in [0.15, 0.2) is 5.72 Å². The van der Waals surface area contributed by atoms with E-state index in [9.17, 15) is 4.79 Å². The largest absolute Gasteiger partial charge is 0.438 e. The average Bonchev–Trinajstić information content (AvgIpc) is 2.48. The second-order valence-electron chi connectivity index (χ2n) is 4.69. The molecule has 15 heavy (non-hydrogen) atoms. The van der Waals surface area contributed by atoms with Crippen LogP contribution in [0.3, 0.4) is 0 Å². The number of carbonyl (C=O) groups is 1. The van der Waals surface area contributed by atoms with E-state index < -0.39 is 5.72 Å². The Morgan fingerprint density at radius 1 is 1.33 bits per heavy atom. The second-order valence-corrected chi connectivity index (χ2v) is 4.69. The number of hydrogen-bond donors (Lipinski definition) is 1. The monoisotopic (exact) mass is 203 g/mol. The predicted molar refractivity (Wildman–Crippen MR) is 56.5 cm³/mol. The van der Waals surface area contributed by atoms with E-state index in [1.165, 1.54) is 5.56 Å². The molecule has 2 atom stereocenters. The third-order valence-electron chi connectivity index (χ3n) is 3.76. The van der Waals surface area contributed by atoms with Crippen molar-refractivity contribution < 1.29 is 9.53 Å². The summed E-state index contributed by atoms with van der Waals surface area (Å²) in [5.41, 5.74) is 1.45. The molecule has 3 heteroatoms. The van der Waals surface area contributed by atoms with Crippen LogP contribution in [0.2, 0.25) is 0 Å². The van der Waals surface area contributed by atoms with Crippen molar-refractivity contribution in [3.05, 3.63) is 29.8 Å². The highest BCUT2D eigenvalue weighted by molar-refractivity contribution is 5.80. The Morgan fingerprint density at radius 2 is 2.07 bits per heavy atom. The highest BCUT2D eigenvalue weighted by Gasteiger charge is 2.60. The molecule has 1 saturated heterocycles. The van der Waals surface area contributed by atoms with Crippen LogP contribution in [0, 0.1) is 0 Å². The van der Waals surface area contributed by atoms with Gasteiger partial charge in [-0.05, 0) is 25.5 Å². The Labute approximate surface area is 88.4 Å². The lowest BCUT2D eigenvalue weighted by Crippen LogP contribution is -2.44. The zero-order valence-electron chi connectivity index (χ0n) is 8.83. The lowest BCUT2D eigenvalue weighted by molar-refractivity contribution is -0.145. The zero-order valence-corrected chi connectivity index (χ0v) is 8.83. The zero-order chi connectivity index (χ0) is 10.7. The van der Waals surface area contributed by atoms with Gasteiger partial charge >= 0.3 is 5.97 Å². The molecule has 0 aliphatic carbocycles. The van der Waals surface area contributed by atoms with E-state index in [0.29, 0.717) is 6.42 Å². The van der Waals surface area contributed by atoms with Crippen LogP contribution in [-0.4, -0.2) is 11.7 Å². The summed E-state index contributed by atoms with van der Waals surface area (Å²) in [7, 11) is 0. The minimum Gasteiger partial charge on any atom is -0.438 e. The maximum Gasteiger partial charge on any atom is 0.309 e. The van der Waals surface area contributed by atoms with Crippen molar-refractivity contribution in [3.63, 3.8) is 0 Å². The van der Waals surface area contributed by atoms with E-state index in [2.05, 4.69) is 18.3 Å². The molecule has 0 amide bonds. The number of nitrogens with one attached hydrogen (secondary N) is 1. The number of hydrogen-bond acceptors (Lipinski definition) is 3. The van der Waals surface area contributed by atoms with Crippen LogP contribution in [0.1, 0.15) is 25.8 Å². The molecular weight excluding hydrogens is 190 g/mol. The molecule has 2 heterocycles. The van der Waals surface area contributed by atoms with E-state index in [0.717, 1.165) is 5.69 Å². The molecule has 1 N–H and O–H groups in total. The normalized spacial score (nSPS) is 36.8. The van der Waals surface area contributed by atoms with Gasteiger partial charge in [0, 0.05) is 5.69 Å². The van der Waals surface area contributed by atoms with Crippen LogP contribution >= 0.6 is 0 Å². The minimum atomic E-state index is -0.576. The molecule has 0 spiro atoms. The summed E-state index contributed by atoms with van der Waals surface area (Å²) in [4.78, 5) is 11.4. The van der Waals surface area contributed by atoms with Gasteiger partial charge in [0.1, 0.15) is 0 Å². The number of ether oxygens (including phenoxy) is 1. The van der Waals surface area contributed by atoms with Crippen molar-refractivity contribution in [1.82, 2.24) is 0 Å². The van der Waals surface area contributed by atoms with Crippen LogP contribution in [0.25, 0.3) is 0 Å². The van der Waals surface area contributed by atoms with Gasteiger partial charge in [-0.3, -0.25) is 4.79 Å². The Morgan fingerprint density at radius 3 is 2.87 bits per heavy atom. The first kappa shape index (κ1) is 8.77. The van der Waals surface area contributed by atoms with Gasteiger partial charge in [-0.2, -0.15) is 0 Å². The molecule has 0 unspecified atom stereocenters. The molecule has 0 aromatic heterocycles. The fraction of sp³-hybridized carbons (Fsp3) is 0.417. The smallest absolute Gasteiger partial charge is 0.309 e. The lowest BCUT2D eigenvalue weighted by atomic mass is 9.76. The van der Waals surface area contributed by atoms with Crippen LogP contribution in [0.15, 0.2) is 24.3 Å². The van der Waals surface area contributed by atoms with Crippen molar-refractivity contribution >= 4 is 11.7 Å². The molecule has 3 rings (SSSR count). The molecule has 0 radical (unpaired) electrons. The van der Waals surface area contributed by atoms with E-state index in [1.54, 1.807) is 0 Å². The Bertz CT molecular complexity index is 457. The highest BCUT2D eigenvalue weighted by atomic mass is 16.6. The first-order chi connectivity index (χ1) is 7.05. The van der Waals surface area contributed by atoms with Gasteiger partial charge in [0.2, 0.25) is 0 Å². The Balaban J connectivity index is 2.22. The van der Waals surface area contributed by atoms with Crippen molar-refractivity contribution in [1.29, 1.82) is 0 Å². The molecule has 1 fully saturated rings. The van der Waals surface area contributed by atoms with E-state index in [-0.39, 0.29) is 11.4 Å². The lowest BCUT2D eigenvalue weighted by Gasteiger charge is -2.31. The number of para-hydroxylation sites is 1. The first-order valence-electron chi connectivity index (χ1n) is 5.15. The Hall–Kier alpha value is -1.51. The first-order valence-corrected chi connectivity index (χ1v) is 5.15. The summed E-state index contributed by atoms with van der Waals surface area (Å²) in [6.45, 7) is 4.02. The van der Waals surface area contributed by atoms with E-state index >= 15 is 0 Å². The number of anilines is 1. The van der Waals surface area contributed by atoms with Crippen LogP contribution in [-0.2, 0) is 14.9 Å². The van der Waals surface area contributed by atoms with Crippen molar-refractivity contribution in [3.8, 4) is 0 Å². The fourth-order valence-corrected chi connectivity index (χ4v) is 2.68. The quantitative estimate of drug-likeness (QED) is 0.656. The molecular formula is C12H13NO2.